The van der Waals surface area contributed by atoms with E-state index in [-0.39, 0.29) is 0 Å². The lowest BCUT2D eigenvalue weighted by molar-refractivity contribution is 0.495. The van der Waals surface area contributed by atoms with Crippen LogP contribution in [0.4, 0.5) is 0 Å². The number of ether oxygens (including phenoxy) is 1. The summed E-state index contributed by atoms with van der Waals surface area (Å²) in [7, 11) is 0. The number of hydrogen-bond donors (Lipinski definition) is 0. The molecule has 0 radical (unpaired) electrons. The van der Waals surface area contributed by atoms with Crippen LogP contribution in [0.1, 0.15) is 33.5 Å². The van der Waals surface area contributed by atoms with Gasteiger partial charge in [-0.05, 0) is 77.1 Å². The van der Waals surface area contributed by atoms with E-state index >= 15 is 0 Å². The van der Waals surface area contributed by atoms with Gasteiger partial charge in [0, 0.05) is 23.2 Å². The molecule has 3 aromatic heterocycles. The second kappa shape index (κ2) is 10.4. The summed E-state index contributed by atoms with van der Waals surface area (Å²) in [6.45, 7) is 4.18. The summed E-state index contributed by atoms with van der Waals surface area (Å²) in [6, 6.07) is 40.2. The molecule has 4 aromatic carbocycles. The molecule has 0 saturated heterocycles. The number of aromatic nitrogens is 4. The van der Waals surface area contributed by atoms with Gasteiger partial charge in [-0.3, -0.25) is 4.98 Å². The lowest BCUT2D eigenvalue weighted by Gasteiger charge is -2.32. The second-order valence-corrected chi connectivity index (χ2v) is 12.0. The summed E-state index contributed by atoms with van der Waals surface area (Å²) in [6.07, 6.45) is 3.86. The number of para-hydroxylation sites is 1. The van der Waals surface area contributed by atoms with E-state index in [0.29, 0.717) is 0 Å². The number of rotatable bonds is 6. The van der Waals surface area contributed by atoms with Gasteiger partial charge in [0.05, 0.1) is 23.0 Å². The van der Waals surface area contributed by atoms with Crippen LogP contribution in [-0.4, -0.2) is 20.0 Å². The molecule has 0 spiro atoms. The lowest BCUT2D eigenvalue weighted by Crippen LogP contribution is -2.29. The maximum Gasteiger partial charge on any atom is 0.181 e. The van der Waals surface area contributed by atoms with Crippen molar-refractivity contribution in [2.45, 2.75) is 19.3 Å². The predicted molar refractivity (Wildman–Crippen MR) is 176 cm³/mol. The Kier molecular flexibility index (Phi) is 6.24. The zero-order chi connectivity index (χ0) is 29.7. The van der Waals surface area contributed by atoms with E-state index in [9.17, 15) is 0 Å². The number of fused-ring (bicyclic) bond motifs is 3. The lowest BCUT2D eigenvalue weighted by atomic mass is 9.70. The molecule has 0 bridgehead atoms. The smallest absolute Gasteiger partial charge is 0.181 e. The van der Waals surface area contributed by atoms with Gasteiger partial charge in [-0.2, -0.15) is 0 Å². The van der Waals surface area contributed by atoms with E-state index in [1.807, 2.05) is 35.3 Å². The highest BCUT2D eigenvalue weighted by Crippen LogP contribution is 2.55. The molecule has 6 heteroatoms. The van der Waals surface area contributed by atoms with Crippen molar-refractivity contribution in [3.63, 3.8) is 0 Å². The zero-order valence-corrected chi connectivity index (χ0v) is 25.1. The van der Waals surface area contributed by atoms with Crippen LogP contribution in [0.15, 0.2) is 133 Å². The van der Waals surface area contributed by atoms with Crippen LogP contribution in [0.3, 0.4) is 0 Å². The van der Waals surface area contributed by atoms with Gasteiger partial charge in [0.2, 0.25) is 0 Å². The van der Waals surface area contributed by atoms with Crippen molar-refractivity contribution in [1.82, 2.24) is 20.0 Å². The molecule has 1 aliphatic rings. The van der Waals surface area contributed by atoms with Crippen LogP contribution in [0.2, 0.25) is 0 Å². The molecule has 44 heavy (non-hydrogen) atoms. The maximum absolute atomic E-state index is 6.51. The fourth-order valence-electron chi connectivity index (χ4n) is 6.64. The Morgan fingerprint density at radius 1 is 0.727 bits per heavy atom. The molecular formula is C38H28N4OS. The van der Waals surface area contributed by atoms with Crippen LogP contribution in [-0.2, 0) is 5.41 Å². The largest absolute Gasteiger partial charge is 0.447 e. The van der Waals surface area contributed by atoms with Gasteiger partial charge in [0.15, 0.2) is 5.06 Å². The minimum atomic E-state index is -0.569. The SMILES string of the molecule is Cc1cccc(C)c1-n1cc(-c2csc(Oc3cccc(C4(c5ccccn5)c5ccccc5-c5ccccc54)c3)c2)nn1. The molecule has 0 saturated carbocycles. The molecule has 0 N–H and O–H groups in total. The Morgan fingerprint density at radius 3 is 2.16 bits per heavy atom. The third-order valence-electron chi connectivity index (χ3n) is 8.52. The monoisotopic (exact) mass is 588 g/mol. The molecule has 5 nitrogen and oxygen atoms in total. The Hall–Kier alpha value is -5.33. The highest BCUT2D eigenvalue weighted by Gasteiger charge is 2.47. The molecule has 7 aromatic rings. The molecule has 0 fully saturated rings. The van der Waals surface area contributed by atoms with Crippen molar-refractivity contribution in [3.05, 3.63) is 167 Å². The van der Waals surface area contributed by atoms with Crippen molar-refractivity contribution in [2.75, 3.05) is 0 Å². The Balaban J connectivity index is 1.17. The summed E-state index contributed by atoms with van der Waals surface area (Å²) >= 11 is 1.55. The summed E-state index contributed by atoms with van der Waals surface area (Å²) in [5.74, 6) is 0.771. The molecule has 1 aliphatic carbocycles. The fraction of sp³-hybridized carbons (Fsp3) is 0.0789. The standard InChI is InChI=1S/C38H28N4OS/c1-25-11-9-12-26(2)37(25)42-23-34(40-41-42)27-21-36(44-24-27)43-29-14-10-13-28(22-29)38(35-19-7-8-20-39-35)32-17-5-3-15-30(32)31-16-4-6-18-33(31)38/h3-24H,1-2H3. The number of hydrogen-bond acceptors (Lipinski definition) is 5. The highest BCUT2D eigenvalue weighted by atomic mass is 32.1. The minimum absolute atomic E-state index is 0.569. The fourth-order valence-corrected chi connectivity index (χ4v) is 7.41. The van der Waals surface area contributed by atoms with Crippen molar-refractivity contribution >= 4 is 11.3 Å². The third-order valence-corrected chi connectivity index (χ3v) is 9.33. The molecule has 3 heterocycles. The Bertz CT molecular complexity index is 2080. The van der Waals surface area contributed by atoms with E-state index in [2.05, 4.69) is 127 Å². The van der Waals surface area contributed by atoms with Crippen LogP contribution in [0.5, 0.6) is 10.8 Å². The number of aryl methyl sites for hydroxylation is 2. The van der Waals surface area contributed by atoms with Gasteiger partial charge in [0.1, 0.15) is 11.4 Å². The van der Waals surface area contributed by atoms with Gasteiger partial charge in [-0.1, -0.05) is 90.1 Å². The topological polar surface area (TPSA) is 52.8 Å². The normalized spacial score (nSPS) is 13.0. The molecule has 0 amide bonds. The molecular weight excluding hydrogens is 561 g/mol. The molecule has 0 aliphatic heterocycles. The number of pyridine rings is 1. The van der Waals surface area contributed by atoms with E-state index in [4.69, 9.17) is 9.72 Å². The zero-order valence-electron chi connectivity index (χ0n) is 24.3. The van der Waals surface area contributed by atoms with Crippen LogP contribution in [0, 0.1) is 13.8 Å². The predicted octanol–water partition coefficient (Wildman–Crippen LogP) is 9.16. The van der Waals surface area contributed by atoms with E-state index < -0.39 is 5.41 Å². The first-order valence-electron chi connectivity index (χ1n) is 14.6. The third kappa shape index (κ3) is 4.10. The first kappa shape index (κ1) is 26.3. The molecule has 212 valence electrons. The van der Waals surface area contributed by atoms with Crippen LogP contribution < -0.4 is 4.74 Å². The quantitative estimate of drug-likeness (QED) is 0.194. The Labute approximate surface area is 260 Å². The van der Waals surface area contributed by atoms with E-state index in [1.54, 1.807) is 11.3 Å². The van der Waals surface area contributed by atoms with E-state index in [0.717, 1.165) is 50.1 Å². The first-order valence-corrected chi connectivity index (χ1v) is 15.5. The van der Waals surface area contributed by atoms with Gasteiger partial charge >= 0.3 is 0 Å². The highest BCUT2D eigenvalue weighted by molar-refractivity contribution is 7.12. The van der Waals surface area contributed by atoms with Crippen LogP contribution in [0.25, 0.3) is 28.1 Å². The minimum Gasteiger partial charge on any atom is -0.447 e. The second-order valence-electron chi connectivity index (χ2n) is 11.1. The van der Waals surface area contributed by atoms with Crippen LogP contribution >= 0.6 is 11.3 Å². The molecule has 0 atom stereocenters. The van der Waals surface area contributed by atoms with Crippen molar-refractivity contribution in [1.29, 1.82) is 0 Å². The maximum atomic E-state index is 6.51. The number of benzene rings is 4. The summed E-state index contributed by atoms with van der Waals surface area (Å²) < 4.78 is 8.37. The number of thiophene rings is 1. The van der Waals surface area contributed by atoms with Gasteiger partial charge in [-0.15, -0.1) is 16.4 Å². The van der Waals surface area contributed by atoms with Crippen molar-refractivity contribution < 1.29 is 4.74 Å². The average Bonchev–Trinajstić information content (AvgIpc) is 3.79. The van der Waals surface area contributed by atoms with Gasteiger partial charge < -0.3 is 4.74 Å². The summed E-state index contributed by atoms with van der Waals surface area (Å²) in [4.78, 5) is 4.94. The van der Waals surface area contributed by atoms with E-state index in [1.165, 1.54) is 22.3 Å². The Morgan fingerprint density at radius 2 is 1.43 bits per heavy atom. The van der Waals surface area contributed by atoms with Crippen molar-refractivity contribution in [3.8, 4) is 38.9 Å². The van der Waals surface area contributed by atoms with Gasteiger partial charge in [0.25, 0.3) is 0 Å². The first-order chi connectivity index (χ1) is 21.6. The summed E-state index contributed by atoms with van der Waals surface area (Å²) in [5, 5.41) is 11.8. The molecule has 0 unspecified atom stereocenters. The average molecular weight is 589 g/mol. The van der Waals surface area contributed by atoms with Gasteiger partial charge in [-0.25, -0.2) is 4.68 Å². The van der Waals surface area contributed by atoms with Crippen molar-refractivity contribution in [2.24, 2.45) is 0 Å². The number of nitrogens with zero attached hydrogens (tertiary/aromatic N) is 4. The summed E-state index contributed by atoms with van der Waals surface area (Å²) in [5.41, 5.74) is 11.6. The molecule has 8 rings (SSSR count).